The lowest BCUT2D eigenvalue weighted by Gasteiger charge is -2.48. The summed E-state index contributed by atoms with van der Waals surface area (Å²) < 4.78 is 83.3. The molecule has 0 saturated carbocycles. The summed E-state index contributed by atoms with van der Waals surface area (Å²) in [6.45, 7) is 5.87. The minimum Gasteiger partial charge on any atom is -0.463 e. The van der Waals surface area contributed by atoms with Crippen molar-refractivity contribution in [1.29, 1.82) is 0 Å². The molecule has 1 amide bonds. The number of hydrogen-bond acceptors (Lipinski definition) is 19. The zero-order valence-corrected chi connectivity index (χ0v) is 32.6. The van der Waals surface area contributed by atoms with Crippen LogP contribution in [0.5, 0.6) is 11.5 Å². The van der Waals surface area contributed by atoms with Gasteiger partial charge in [0.2, 0.25) is 6.29 Å². The van der Waals surface area contributed by atoms with Crippen molar-refractivity contribution < 1.29 is 89.5 Å². The number of benzene rings is 2. The highest BCUT2D eigenvalue weighted by Crippen LogP contribution is 2.52. The SMILES string of the molecule is CC(=O)OC[C@@H]1O[C@H](OP(=O)(Oc2ccccc2)Oc2ccccc2)[C@@H](O[C@H]2O[C@H](COC(C)=O)[C@@H](OC(C)=O)[C@H](OC(N)=O)[C@@H]2OC(C)=O)[C@@H](OC(C)=O)[C@@H]1C. The molecule has 4 rings (SSSR count). The maximum absolute atomic E-state index is 14.7. The Hall–Kier alpha value is -5.27. The van der Waals surface area contributed by atoms with Crippen LogP contribution in [0, 0.1) is 5.92 Å². The maximum atomic E-state index is 14.7. The number of esters is 5. The summed E-state index contributed by atoms with van der Waals surface area (Å²) in [6.07, 6.45) is -16.2. The third-order valence-electron chi connectivity index (χ3n) is 8.10. The Labute approximate surface area is 326 Å². The van der Waals surface area contributed by atoms with Crippen molar-refractivity contribution in [2.75, 3.05) is 13.2 Å². The average molecular weight is 826 g/mol. The summed E-state index contributed by atoms with van der Waals surface area (Å²) in [7, 11) is -4.88. The Balaban J connectivity index is 1.86. The molecule has 0 radical (unpaired) electrons. The van der Waals surface area contributed by atoms with Crippen LogP contribution in [-0.4, -0.2) is 104 Å². The van der Waals surface area contributed by atoms with E-state index in [1.165, 1.54) is 24.3 Å². The zero-order valence-electron chi connectivity index (χ0n) is 31.7. The van der Waals surface area contributed by atoms with Crippen LogP contribution in [0.2, 0.25) is 0 Å². The molecule has 21 heteroatoms. The molecule has 2 saturated heterocycles. The molecule has 2 aromatic carbocycles. The number of primary amides is 1. The number of hydrogen-bond donors (Lipinski definition) is 1. The molecule has 2 N–H and O–H groups in total. The first-order valence-electron chi connectivity index (χ1n) is 17.4. The fourth-order valence-electron chi connectivity index (χ4n) is 5.83. The molecule has 2 heterocycles. The molecule has 10 atom stereocenters. The van der Waals surface area contributed by atoms with Gasteiger partial charge in [-0.25, -0.2) is 13.9 Å². The van der Waals surface area contributed by atoms with E-state index < -0.39 is 118 Å². The van der Waals surface area contributed by atoms with Gasteiger partial charge in [-0.05, 0) is 24.3 Å². The van der Waals surface area contributed by atoms with Crippen LogP contribution < -0.4 is 14.8 Å². The second-order valence-electron chi connectivity index (χ2n) is 12.6. The molecule has 0 aromatic heterocycles. The van der Waals surface area contributed by atoms with Crippen molar-refractivity contribution in [3.8, 4) is 11.5 Å². The van der Waals surface area contributed by atoms with Crippen molar-refractivity contribution >= 4 is 43.8 Å². The number of carbonyl (C=O) groups excluding carboxylic acids is 6. The van der Waals surface area contributed by atoms with Gasteiger partial charge < -0.3 is 57.4 Å². The zero-order chi connectivity index (χ0) is 41.9. The van der Waals surface area contributed by atoms with Crippen molar-refractivity contribution in [2.24, 2.45) is 11.7 Å². The van der Waals surface area contributed by atoms with Crippen molar-refractivity contribution in [3.05, 3.63) is 60.7 Å². The number of nitrogens with two attached hydrogens (primary N) is 1. The van der Waals surface area contributed by atoms with Crippen LogP contribution in [0.1, 0.15) is 41.5 Å². The van der Waals surface area contributed by atoms with E-state index in [2.05, 4.69) is 0 Å². The van der Waals surface area contributed by atoms with Crippen LogP contribution in [0.4, 0.5) is 4.79 Å². The van der Waals surface area contributed by atoms with Gasteiger partial charge in [0.25, 0.3) is 0 Å². The molecule has 2 aromatic rings. The van der Waals surface area contributed by atoms with Crippen molar-refractivity contribution in [2.45, 2.75) is 96.9 Å². The number of phosphoric acid groups is 1. The predicted octanol–water partition coefficient (Wildman–Crippen LogP) is 3.13. The monoisotopic (exact) mass is 825 g/mol. The molecule has 2 aliphatic rings. The normalized spacial score (nSPS) is 27.1. The summed E-state index contributed by atoms with van der Waals surface area (Å²) in [5, 5.41) is 0. The largest absolute Gasteiger partial charge is 0.590 e. The second kappa shape index (κ2) is 20.2. The van der Waals surface area contributed by atoms with E-state index in [4.69, 9.17) is 61.9 Å². The predicted molar refractivity (Wildman–Crippen MR) is 189 cm³/mol. The first kappa shape index (κ1) is 44.4. The number of ether oxygens (including phenoxy) is 9. The molecule has 20 nitrogen and oxygen atoms in total. The van der Waals surface area contributed by atoms with Crippen LogP contribution in [0.15, 0.2) is 60.7 Å². The number of carbonyl (C=O) groups is 6. The molecule has 312 valence electrons. The second-order valence-corrected chi connectivity index (χ2v) is 14.1. The lowest BCUT2D eigenvalue weighted by atomic mass is 9.90. The van der Waals surface area contributed by atoms with Crippen LogP contribution >= 0.6 is 7.82 Å². The van der Waals surface area contributed by atoms with Gasteiger partial charge in [0.15, 0.2) is 24.6 Å². The highest BCUT2D eigenvalue weighted by molar-refractivity contribution is 7.49. The van der Waals surface area contributed by atoms with Gasteiger partial charge in [0.05, 0.1) is 0 Å². The number of para-hydroxylation sites is 2. The first-order chi connectivity index (χ1) is 26.9. The molecule has 0 spiro atoms. The van der Waals surface area contributed by atoms with Crippen molar-refractivity contribution in [3.63, 3.8) is 0 Å². The molecule has 57 heavy (non-hydrogen) atoms. The number of rotatable bonds is 16. The van der Waals surface area contributed by atoms with E-state index in [0.717, 1.165) is 34.6 Å². The topological polar surface area (TPSA) is 256 Å². The van der Waals surface area contributed by atoms with Gasteiger partial charge in [-0.3, -0.25) is 24.0 Å². The van der Waals surface area contributed by atoms with Crippen molar-refractivity contribution in [1.82, 2.24) is 0 Å². The van der Waals surface area contributed by atoms with E-state index in [9.17, 15) is 33.3 Å². The number of phosphoric ester groups is 1. The first-order valence-corrected chi connectivity index (χ1v) is 18.9. The lowest BCUT2D eigenvalue weighted by molar-refractivity contribution is -0.355. The molecular formula is C36H44NO19P. The summed E-state index contributed by atoms with van der Waals surface area (Å²) >= 11 is 0. The smallest absolute Gasteiger partial charge is 0.463 e. The van der Waals surface area contributed by atoms with E-state index in [1.807, 2.05) is 0 Å². The van der Waals surface area contributed by atoms with Gasteiger partial charge >= 0.3 is 43.8 Å². The fraction of sp³-hybridized carbons (Fsp3) is 0.500. The summed E-state index contributed by atoms with van der Waals surface area (Å²) in [4.78, 5) is 73.4. The summed E-state index contributed by atoms with van der Waals surface area (Å²) in [5.74, 6) is -5.00. The lowest BCUT2D eigenvalue weighted by Crippen LogP contribution is -2.66. The average Bonchev–Trinajstić information content (AvgIpc) is 3.11. The van der Waals surface area contributed by atoms with Crippen LogP contribution in [0.25, 0.3) is 0 Å². The Kier molecular flexibility index (Phi) is 15.8. The molecule has 0 bridgehead atoms. The molecule has 2 aliphatic heterocycles. The minimum absolute atomic E-state index is 0.0354. The Morgan fingerprint density at radius 3 is 1.51 bits per heavy atom. The third kappa shape index (κ3) is 13.1. The molecule has 0 aliphatic carbocycles. The van der Waals surface area contributed by atoms with Crippen LogP contribution in [0.3, 0.4) is 0 Å². The fourth-order valence-corrected chi connectivity index (χ4v) is 7.13. The van der Waals surface area contributed by atoms with Gasteiger partial charge in [-0.15, -0.1) is 0 Å². The van der Waals surface area contributed by atoms with Gasteiger partial charge in [-0.1, -0.05) is 43.3 Å². The standard InChI is InChI=1S/C36H44NO19P/c1-19-27(17-45-20(2)38)50-35(56-57(44,54-25-13-9-7-10-14-25)55-26-15-11-8-12-16-26)32(29(19)47-22(4)40)52-34-33(49-24(6)42)31(53-36(37)43)30(48-23(5)41)28(51-34)18-46-21(3)39/h7-16,19,27-35H,17-18H2,1-6H3,(H2,37,43)/t19-,27+,28-,29+,30-,31+,32+,33+,34-,35-/m1/s1. The Bertz CT molecular complexity index is 1720. The maximum Gasteiger partial charge on any atom is 0.590 e. The molecule has 2 fully saturated rings. The summed E-state index contributed by atoms with van der Waals surface area (Å²) in [5.41, 5.74) is 5.38. The van der Waals surface area contributed by atoms with Gasteiger partial charge in [0, 0.05) is 40.5 Å². The summed E-state index contributed by atoms with van der Waals surface area (Å²) in [6, 6.07) is 15.6. The molecular weight excluding hydrogens is 781 g/mol. The van der Waals surface area contributed by atoms with E-state index in [1.54, 1.807) is 43.3 Å². The van der Waals surface area contributed by atoms with E-state index in [-0.39, 0.29) is 11.5 Å². The van der Waals surface area contributed by atoms with Gasteiger partial charge in [0.1, 0.15) is 49.1 Å². The molecule has 0 unspecified atom stereocenters. The van der Waals surface area contributed by atoms with Gasteiger partial charge in [-0.2, -0.15) is 0 Å². The number of amides is 1. The highest BCUT2D eigenvalue weighted by atomic mass is 31.2. The minimum atomic E-state index is -4.88. The van der Waals surface area contributed by atoms with E-state index in [0.29, 0.717) is 0 Å². The third-order valence-corrected chi connectivity index (χ3v) is 9.44. The van der Waals surface area contributed by atoms with Crippen LogP contribution in [-0.2, 0) is 75.7 Å². The van der Waals surface area contributed by atoms with E-state index >= 15 is 0 Å². The Morgan fingerprint density at radius 1 is 0.579 bits per heavy atom. The Morgan fingerprint density at radius 2 is 1.04 bits per heavy atom. The highest BCUT2D eigenvalue weighted by Gasteiger charge is 2.57. The quantitative estimate of drug-likeness (QED) is 0.145.